The summed E-state index contributed by atoms with van der Waals surface area (Å²) in [6, 6.07) is 1.13. The molecule has 0 aliphatic carbocycles. The molecule has 0 radical (unpaired) electrons. The van der Waals surface area contributed by atoms with Crippen LogP contribution in [0.1, 0.15) is 24.2 Å². The number of amides is 2. The van der Waals surface area contributed by atoms with Crippen molar-refractivity contribution in [2.75, 3.05) is 13.6 Å². The monoisotopic (exact) mass is 314 g/mol. The van der Waals surface area contributed by atoms with Gasteiger partial charge in [0, 0.05) is 19.3 Å². The van der Waals surface area contributed by atoms with Crippen LogP contribution in [0.5, 0.6) is 0 Å². The predicted octanol–water partition coefficient (Wildman–Crippen LogP) is 1.24. The Kier molecular flexibility index (Phi) is 5.60. The lowest BCUT2D eigenvalue weighted by Gasteiger charge is -2.17. The van der Waals surface area contributed by atoms with E-state index in [1.54, 1.807) is 13.8 Å². The third-order valence-corrected chi connectivity index (χ3v) is 2.75. The van der Waals surface area contributed by atoms with Crippen molar-refractivity contribution in [1.82, 2.24) is 15.2 Å². The zero-order chi connectivity index (χ0) is 16.2. The summed E-state index contributed by atoms with van der Waals surface area (Å²) in [5.41, 5.74) is -0.778. The van der Waals surface area contributed by atoms with Crippen LogP contribution in [0.25, 0.3) is 0 Å². The quantitative estimate of drug-likeness (QED) is 0.500. The number of hydrogen-bond acceptors (Lipinski definition) is 5. The molecule has 1 N–H and O–H groups in total. The van der Waals surface area contributed by atoms with Crippen molar-refractivity contribution in [2.24, 2.45) is 0 Å². The first-order valence-corrected chi connectivity index (χ1v) is 6.45. The van der Waals surface area contributed by atoms with Crippen molar-refractivity contribution in [3.63, 3.8) is 0 Å². The van der Waals surface area contributed by atoms with E-state index in [0.717, 1.165) is 4.90 Å². The second-order valence-corrected chi connectivity index (χ2v) is 5.00. The Balaban J connectivity index is 2.96. The number of carbonyl (C=O) groups is 2. The first kappa shape index (κ1) is 16.8. The van der Waals surface area contributed by atoms with Crippen molar-refractivity contribution in [3.8, 4) is 0 Å². The molecule has 1 heterocycles. The second kappa shape index (κ2) is 6.98. The van der Waals surface area contributed by atoms with Gasteiger partial charge < -0.3 is 10.2 Å². The van der Waals surface area contributed by atoms with E-state index in [1.165, 1.54) is 19.3 Å². The molecule has 0 aliphatic rings. The van der Waals surface area contributed by atoms with Gasteiger partial charge in [0.2, 0.25) is 11.1 Å². The van der Waals surface area contributed by atoms with E-state index in [1.807, 2.05) is 0 Å². The molecule has 0 aromatic carbocycles. The van der Waals surface area contributed by atoms with Gasteiger partial charge in [0.1, 0.15) is 5.56 Å². The van der Waals surface area contributed by atoms with Crippen molar-refractivity contribution in [3.05, 3.63) is 33.1 Å². The topological polar surface area (TPSA) is 105 Å². The van der Waals surface area contributed by atoms with Crippen LogP contribution >= 0.6 is 11.6 Å². The summed E-state index contributed by atoms with van der Waals surface area (Å²) in [6.07, 6.45) is 1.20. The van der Waals surface area contributed by atoms with E-state index in [0.29, 0.717) is 0 Å². The van der Waals surface area contributed by atoms with Gasteiger partial charge in [-0.15, -0.1) is 0 Å². The molecule has 0 atom stereocenters. The fraction of sp³-hybridized carbons (Fsp3) is 0.417. The number of pyridine rings is 1. The molecule has 0 fully saturated rings. The molecule has 0 spiro atoms. The molecule has 0 saturated heterocycles. The fourth-order valence-corrected chi connectivity index (χ4v) is 1.86. The van der Waals surface area contributed by atoms with Gasteiger partial charge in [-0.25, -0.2) is 4.98 Å². The zero-order valence-electron chi connectivity index (χ0n) is 11.8. The summed E-state index contributed by atoms with van der Waals surface area (Å²) in [4.78, 5) is 38.7. The standard InChI is InChI=1S/C12H15ClN4O4/c1-7(2)15-9(18)6-16(3)12(19)8-4-5-14-11(13)10(8)17(20)21/h4-5,7H,6H2,1-3H3,(H,15,18). The first-order chi connectivity index (χ1) is 9.73. The van der Waals surface area contributed by atoms with Gasteiger partial charge in [-0.1, -0.05) is 11.6 Å². The number of nitrogens with one attached hydrogen (secondary N) is 1. The molecule has 9 heteroatoms. The second-order valence-electron chi connectivity index (χ2n) is 4.64. The van der Waals surface area contributed by atoms with Crippen LogP contribution in [-0.2, 0) is 4.79 Å². The lowest BCUT2D eigenvalue weighted by molar-refractivity contribution is -0.385. The first-order valence-electron chi connectivity index (χ1n) is 6.07. The SMILES string of the molecule is CC(C)NC(=O)CN(C)C(=O)c1ccnc(Cl)c1[N+](=O)[O-]. The maximum absolute atomic E-state index is 12.2. The van der Waals surface area contributed by atoms with Gasteiger partial charge in [-0.3, -0.25) is 19.7 Å². The van der Waals surface area contributed by atoms with E-state index in [2.05, 4.69) is 10.3 Å². The molecule has 1 aromatic rings. The molecular weight excluding hydrogens is 300 g/mol. The van der Waals surface area contributed by atoms with Crippen LogP contribution in [0.15, 0.2) is 12.3 Å². The average molecular weight is 315 g/mol. The number of nitro groups is 1. The number of hydrogen-bond donors (Lipinski definition) is 1. The predicted molar refractivity (Wildman–Crippen MR) is 76.1 cm³/mol. The summed E-state index contributed by atoms with van der Waals surface area (Å²) >= 11 is 5.64. The van der Waals surface area contributed by atoms with E-state index in [4.69, 9.17) is 11.6 Å². The van der Waals surface area contributed by atoms with Crippen LogP contribution in [0, 0.1) is 10.1 Å². The number of rotatable bonds is 5. The van der Waals surface area contributed by atoms with E-state index in [9.17, 15) is 19.7 Å². The summed E-state index contributed by atoms with van der Waals surface area (Å²) < 4.78 is 0. The minimum Gasteiger partial charge on any atom is -0.352 e. The van der Waals surface area contributed by atoms with Gasteiger partial charge in [-0.2, -0.15) is 0 Å². The van der Waals surface area contributed by atoms with Crippen LogP contribution < -0.4 is 5.32 Å². The Labute approximate surface area is 126 Å². The molecule has 114 valence electrons. The largest absolute Gasteiger partial charge is 0.352 e. The summed E-state index contributed by atoms with van der Waals surface area (Å²) in [5, 5.41) is 13.2. The Hall–Kier alpha value is -2.22. The molecule has 21 heavy (non-hydrogen) atoms. The highest BCUT2D eigenvalue weighted by Crippen LogP contribution is 2.26. The Morgan fingerprint density at radius 1 is 1.52 bits per heavy atom. The highest BCUT2D eigenvalue weighted by atomic mass is 35.5. The molecular formula is C12H15ClN4O4. The third-order valence-electron chi connectivity index (χ3n) is 2.47. The lowest BCUT2D eigenvalue weighted by Crippen LogP contribution is -2.41. The van der Waals surface area contributed by atoms with Gasteiger partial charge >= 0.3 is 5.69 Å². The minimum atomic E-state index is -0.773. The third kappa shape index (κ3) is 4.38. The molecule has 1 aromatic heterocycles. The van der Waals surface area contributed by atoms with E-state index >= 15 is 0 Å². The van der Waals surface area contributed by atoms with Gasteiger partial charge in [-0.05, 0) is 19.9 Å². The fourth-order valence-electron chi connectivity index (χ4n) is 1.64. The number of likely N-dealkylation sites (N-methyl/N-ethyl adjacent to an activating group) is 1. The molecule has 1 rings (SSSR count). The van der Waals surface area contributed by atoms with Crippen molar-refractivity contribution < 1.29 is 14.5 Å². The molecule has 0 aliphatic heterocycles. The van der Waals surface area contributed by atoms with Crippen LogP contribution in [0.4, 0.5) is 5.69 Å². The molecule has 0 saturated carbocycles. The maximum atomic E-state index is 12.2. The number of carbonyl (C=O) groups excluding carboxylic acids is 2. The van der Waals surface area contributed by atoms with Crippen molar-refractivity contribution in [1.29, 1.82) is 0 Å². The number of halogens is 1. The highest BCUT2D eigenvalue weighted by Gasteiger charge is 2.27. The van der Waals surface area contributed by atoms with E-state index < -0.39 is 16.5 Å². The molecule has 2 amide bonds. The van der Waals surface area contributed by atoms with Crippen LogP contribution in [0.2, 0.25) is 5.15 Å². The van der Waals surface area contributed by atoms with Crippen LogP contribution in [0.3, 0.4) is 0 Å². The average Bonchev–Trinajstić information content (AvgIpc) is 2.35. The lowest BCUT2D eigenvalue weighted by atomic mass is 10.2. The molecule has 0 bridgehead atoms. The summed E-state index contributed by atoms with van der Waals surface area (Å²) in [7, 11) is 1.38. The number of aromatic nitrogens is 1. The van der Waals surface area contributed by atoms with Crippen LogP contribution in [-0.4, -0.2) is 46.3 Å². The summed E-state index contributed by atoms with van der Waals surface area (Å²) in [6.45, 7) is 3.36. The Bertz CT molecular complexity index is 576. The minimum absolute atomic E-state index is 0.0642. The van der Waals surface area contributed by atoms with Crippen molar-refractivity contribution >= 4 is 29.1 Å². The summed E-state index contributed by atoms with van der Waals surface area (Å²) in [5.74, 6) is -1.03. The maximum Gasteiger partial charge on any atom is 0.319 e. The zero-order valence-corrected chi connectivity index (χ0v) is 12.5. The van der Waals surface area contributed by atoms with Gasteiger partial charge in [0.15, 0.2) is 0 Å². The number of nitrogens with zero attached hydrogens (tertiary/aromatic N) is 3. The highest BCUT2D eigenvalue weighted by molar-refractivity contribution is 6.32. The van der Waals surface area contributed by atoms with E-state index in [-0.39, 0.29) is 29.2 Å². The Morgan fingerprint density at radius 2 is 2.14 bits per heavy atom. The normalized spacial score (nSPS) is 10.3. The smallest absolute Gasteiger partial charge is 0.319 e. The van der Waals surface area contributed by atoms with Gasteiger partial charge in [0.05, 0.1) is 11.5 Å². The van der Waals surface area contributed by atoms with Gasteiger partial charge in [0.25, 0.3) is 5.91 Å². The van der Waals surface area contributed by atoms with Crippen molar-refractivity contribution in [2.45, 2.75) is 19.9 Å². The Morgan fingerprint density at radius 3 is 2.67 bits per heavy atom. The molecule has 8 nitrogen and oxygen atoms in total. The molecule has 0 unspecified atom stereocenters.